The molecular weight excluding hydrogens is 220 g/mol. The average Bonchev–Trinajstić information content (AvgIpc) is 2.74. The van der Waals surface area contributed by atoms with Gasteiger partial charge in [-0.3, -0.25) is 4.79 Å². The van der Waals surface area contributed by atoms with Crippen molar-refractivity contribution in [1.29, 1.82) is 0 Å². The summed E-state index contributed by atoms with van der Waals surface area (Å²) in [5.41, 5.74) is 6.07. The summed E-state index contributed by atoms with van der Waals surface area (Å²) < 4.78 is 0. The van der Waals surface area contributed by atoms with Gasteiger partial charge >= 0.3 is 0 Å². The highest BCUT2D eigenvalue weighted by atomic mass is 32.1. The van der Waals surface area contributed by atoms with Crippen LogP contribution in [0.5, 0.6) is 0 Å². The Labute approximate surface area is 100 Å². The van der Waals surface area contributed by atoms with Gasteiger partial charge in [-0.1, -0.05) is 25.2 Å². The van der Waals surface area contributed by atoms with Gasteiger partial charge in [-0.15, -0.1) is 11.3 Å². The van der Waals surface area contributed by atoms with E-state index in [1.807, 2.05) is 11.4 Å². The van der Waals surface area contributed by atoms with Crippen LogP contribution in [0, 0.1) is 11.8 Å². The summed E-state index contributed by atoms with van der Waals surface area (Å²) in [7, 11) is 0. The molecule has 1 amide bonds. The fourth-order valence-electron chi connectivity index (χ4n) is 1.19. The molecule has 1 aromatic rings. The molecule has 1 heterocycles. The zero-order chi connectivity index (χ0) is 11.8. The third kappa shape index (κ3) is 3.69. The Hall–Kier alpha value is -1.31. The molecule has 0 saturated heterocycles. The largest absolute Gasteiger partial charge is 0.351 e. The summed E-state index contributed by atoms with van der Waals surface area (Å²) >= 11 is 1.41. The zero-order valence-corrected chi connectivity index (χ0v) is 10.2. The summed E-state index contributed by atoms with van der Waals surface area (Å²) in [5.74, 6) is 5.62. The fourth-order valence-corrected chi connectivity index (χ4v) is 1.95. The number of nitrogens with two attached hydrogens (primary N) is 1. The van der Waals surface area contributed by atoms with E-state index in [1.165, 1.54) is 11.3 Å². The molecule has 0 saturated carbocycles. The van der Waals surface area contributed by atoms with E-state index < -0.39 is 0 Å². The van der Waals surface area contributed by atoms with Gasteiger partial charge in [0.25, 0.3) is 5.91 Å². The normalized spacial score (nSPS) is 9.38. The van der Waals surface area contributed by atoms with Crippen LogP contribution in [0.25, 0.3) is 0 Å². The Morgan fingerprint density at radius 1 is 1.62 bits per heavy atom. The Kier molecular flexibility index (Phi) is 5.62. The molecule has 3 N–H and O–H groups in total. The number of rotatable bonds is 4. The summed E-state index contributed by atoms with van der Waals surface area (Å²) in [5, 5.41) is 4.75. The molecule has 0 aliphatic heterocycles. The minimum Gasteiger partial charge on any atom is -0.351 e. The number of nitrogens with one attached hydrogen (secondary N) is 1. The maximum Gasteiger partial charge on any atom is 0.262 e. The standard InChI is InChI=1S/C12H16N2OS/c1-2-3-8-14-12(15)11-10(5-4-7-13)6-9-16-11/h6,9H,2-3,7-8,13H2,1H3,(H,14,15). The molecule has 0 aliphatic carbocycles. The maximum atomic E-state index is 11.8. The molecule has 0 atom stereocenters. The lowest BCUT2D eigenvalue weighted by atomic mass is 10.2. The van der Waals surface area contributed by atoms with Crippen molar-refractivity contribution in [3.63, 3.8) is 0 Å². The molecule has 1 aromatic heterocycles. The predicted octanol–water partition coefficient (Wildman–Crippen LogP) is 1.59. The van der Waals surface area contributed by atoms with E-state index in [0.29, 0.717) is 11.4 Å². The SMILES string of the molecule is CCCCNC(=O)c1sccc1C#CCN. The molecule has 0 radical (unpaired) electrons. The molecule has 0 bridgehead atoms. The smallest absolute Gasteiger partial charge is 0.262 e. The first-order chi connectivity index (χ1) is 7.79. The molecular formula is C12H16N2OS. The summed E-state index contributed by atoms with van der Waals surface area (Å²) in [4.78, 5) is 12.4. The van der Waals surface area contributed by atoms with Crippen molar-refractivity contribution in [1.82, 2.24) is 5.32 Å². The molecule has 3 nitrogen and oxygen atoms in total. The third-order valence-electron chi connectivity index (χ3n) is 2.01. The number of carbonyl (C=O) groups excluding carboxylic acids is 1. The molecule has 0 unspecified atom stereocenters. The number of hydrogen-bond donors (Lipinski definition) is 2. The van der Waals surface area contributed by atoms with Crippen molar-refractivity contribution < 1.29 is 4.79 Å². The highest BCUT2D eigenvalue weighted by Crippen LogP contribution is 2.15. The fraction of sp³-hybridized carbons (Fsp3) is 0.417. The van der Waals surface area contributed by atoms with Crippen LogP contribution in [0.4, 0.5) is 0 Å². The van der Waals surface area contributed by atoms with Crippen molar-refractivity contribution in [3.05, 3.63) is 21.9 Å². The Balaban J connectivity index is 2.64. The number of thiophene rings is 1. The van der Waals surface area contributed by atoms with Gasteiger partial charge in [0, 0.05) is 12.1 Å². The van der Waals surface area contributed by atoms with Crippen LogP contribution in [0.3, 0.4) is 0 Å². The maximum absolute atomic E-state index is 11.8. The highest BCUT2D eigenvalue weighted by Gasteiger charge is 2.10. The van der Waals surface area contributed by atoms with E-state index in [1.54, 1.807) is 0 Å². The quantitative estimate of drug-likeness (QED) is 0.616. The predicted molar refractivity (Wildman–Crippen MR) is 67.5 cm³/mol. The van der Waals surface area contributed by atoms with Crippen LogP contribution in [0.2, 0.25) is 0 Å². The van der Waals surface area contributed by atoms with Gasteiger partial charge in [0.1, 0.15) is 4.88 Å². The second-order valence-electron chi connectivity index (χ2n) is 3.28. The van der Waals surface area contributed by atoms with E-state index >= 15 is 0 Å². The Morgan fingerprint density at radius 3 is 3.12 bits per heavy atom. The van der Waals surface area contributed by atoms with Gasteiger partial charge in [0.15, 0.2) is 0 Å². The second-order valence-corrected chi connectivity index (χ2v) is 4.19. The van der Waals surface area contributed by atoms with E-state index in [9.17, 15) is 4.79 Å². The van der Waals surface area contributed by atoms with E-state index in [-0.39, 0.29) is 5.91 Å². The van der Waals surface area contributed by atoms with Crippen LogP contribution in [-0.4, -0.2) is 19.0 Å². The topological polar surface area (TPSA) is 55.1 Å². The van der Waals surface area contributed by atoms with Crippen molar-refractivity contribution in [2.24, 2.45) is 5.73 Å². The molecule has 0 spiro atoms. The highest BCUT2D eigenvalue weighted by molar-refractivity contribution is 7.12. The zero-order valence-electron chi connectivity index (χ0n) is 9.38. The number of unbranched alkanes of at least 4 members (excludes halogenated alkanes) is 1. The molecule has 16 heavy (non-hydrogen) atoms. The first kappa shape index (κ1) is 12.8. The molecule has 86 valence electrons. The van der Waals surface area contributed by atoms with Crippen molar-refractivity contribution in [2.75, 3.05) is 13.1 Å². The van der Waals surface area contributed by atoms with Crippen molar-refractivity contribution >= 4 is 17.2 Å². The van der Waals surface area contributed by atoms with Gasteiger partial charge in [-0.25, -0.2) is 0 Å². The van der Waals surface area contributed by atoms with E-state index in [4.69, 9.17) is 5.73 Å². The van der Waals surface area contributed by atoms with Crippen LogP contribution in [0.1, 0.15) is 35.0 Å². The van der Waals surface area contributed by atoms with Gasteiger partial charge in [-0.05, 0) is 17.9 Å². The minimum absolute atomic E-state index is 0.0372. The van der Waals surface area contributed by atoms with Crippen LogP contribution in [-0.2, 0) is 0 Å². The van der Waals surface area contributed by atoms with Gasteiger partial charge in [0.2, 0.25) is 0 Å². The lowest BCUT2D eigenvalue weighted by molar-refractivity contribution is 0.0957. The lowest BCUT2D eigenvalue weighted by Gasteiger charge is -2.02. The van der Waals surface area contributed by atoms with Gasteiger partial charge in [-0.2, -0.15) is 0 Å². The lowest BCUT2D eigenvalue weighted by Crippen LogP contribution is -2.24. The van der Waals surface area contributed by atoms with Crippen LogP contribution >= 0.6 is 11.3 Å². The summed E-state index contributed by atoms with van der Waals surface area (Å²) in [6.07, 6.45) is 2.07. The molecule has 1 rings (SSSR count). The average molecular weight is 236 g/mol. The Morgan fingerprint density at radius 2 is 2.44 bits per heavy atom. The monoisotopic (exact) mass is 236 g/mol. The van der Waals surface area contributed by atoms with E-state index in [0.717, 1.165) is 24.9 Å². The van der Waals surface area contributed by atoms with Crippen LogP contribution < -0.4 is 11.1 Å². The Bertz CT molecular complexity index is 401. The third-order valence-corrected chi connectivity index (χ3v) is 2.93. The van der Waals surface area contributed by atoms with Crippen molar-refractivity contribution in [2.45, 2.75) is 19.8 Å². The van der Waals surface area contributed by atoms with Gasteiger partial charge < -0.3 is 11.1 Å². The first-order valence-corrected chi connectivity index (χ1v) is 6.22. The number of amides is 1. The number of carbonyl (C=O) groups is 1. The van der Waals surface area contributed by atoms with Gasteiger partial charge in [0.05, 0.1) is 6.54 Å². The second kappa shape index (κ2) is 7.04. The molecule has 0 aliphatic rings. The number of hydrogen-bond acceptors (Lipinski definition) is 3. The van der Waals surface area contributed by atoms with Crippen molar-refractivity contribution in [3.8, 4) is 11.8 Å². The van der Waals surface area contributed by atoms with E-state index in [2.05, 4.69) is 24.1 Å². The molecule has 0 aromatic carbocycles. The summed E-state index contributed by atoms with van der Waals surface area (Å²) in [6, 6.07) is 1.85. The van der Waals surface area contributed by atoms with Crippen LogP contribution in [0.15, 0.2) is 11.4 Å². The minimum atomic E-state index is -0.0372. The molecule has 4 heteroatoms. The summed E-state index contributed by atoms with van der Waals surface area (Å²) in [6.45, 7) is 3.12. The first-order valence-electron chi connectivity index (χ1n) is 5.34. The molecule has 0 fully saturated rings.